The normalized spacial score (nSPS) is 12.3. The van der Waals surface area contributed by atoms with E-state index in [1.54, 1.807) is 18.2 Å². The Morgan fingerprint density at radius 1 is 1.03 bits per heavy atom. The third kappa shape index (κ3) is 5.20. The van der Waals surface area contributed by atoms with Crippen LogP contribution < -0.4 is 5.32 Å². The van der Waals surface area contributed by atoms with Gasteiger partial charge in [0.25, 0.3) is 11.6 Å². The van der Waals surface area contributed by atoms with Crippen LogP contribution in [0.15, 0.2) is 78.9 Å². The fourth-order valence-electron chi connectivity index (χ4n) is 3.25. The number of carbonyl (C=O) groups is 1. The van der Waals surface area contributed by atoms with Crippen LogP contribution in [0.3, 0.4) is 0 Å². The van der Waals surface area contributed by atoms with Gasteiger partial charge < -0.3 is 5.32 Å². The van der Waals surface area contributed by atoms with Crippen molar-refractivity contribution in [2.24, 2.45) is 0 Å². The Labute approximate surface area is 176 Å². The zero-order valence-electron chi connectivity index (χ0n) is 17.0. The highest BCUT2D eigenvalue weighted by molar-refractivity contribution is 6.24. The molecule has 3 rings (SSSR count). The Bertz CT molecular complexity index is 1060. The van der Waals surface area contributed by atoms with Gasteiger partial charge in [0.05, 0.1) is 11.0 Å². The number of nitro benzene ring substituents is 1. The lowest BCUT2D eigenvalue weighted by Gasteiger charge is -2.19. The third-order valence-corrected chi connectivity index (χ3v) is 4.91. The largest absolute Gasteiger partial charge is 0.345 e. The number of nitro groups is 1. The summed E-state index contributed by atoms with van der Waals surface area (Å²) in [5, 5.41) is 14.2. The van der Waals surface area contributed by atoms with Crippen LogP contribution in [0.25, 0.3) is 11.6 Å². The smallest absolute Gasteiger partial charge is 0.270 e. The SMILES string of the molecule is CCC(NC(=O)/C(=C/c1cccc([N+](=O)[O-])c1)c1ccccc1)c1ccc(C)cc1. The molecule has 0 aromatic heterocycles. The molecule has 0 spiro atoms. The summed E-state index contributed by atoms with van der Waals surface area (Å²) in [4.78, 5) is 23.9. The van der Waals surface area contributed by atoms with Crippen LogP contribution in [-0.4, -0.2) is 10.8 Å². The predicted molar refractivity (Wildman–Crippen MR) is 120 cm³/mol. The van der Waals surface area contributed by atoms with E-state index in [0.717, 1.165) is 23.1 Å². The Hall–Kier alpha value is -3.73. The van der Waals surface area contributed by atoms with Crippen LogP contribution >= 0.6 is 0 Å². The highest BCUT2D eigenvalue weighted by Crippen LogP contribution is 2.24. The molecule has 1 N–H and O–H groups in total. The monoisotopic (exact) mass is 400 g/mol. The predicted octanol–water partition coefficient (Wildman–Crippen LogP) is 5.71. The van der Waals surface area contributed by atoms with Crippen molar-refractivity contribution in [1.82, 2.24) is 5.32 Å². The Morgan fingerprint density at radius 2 is 1.73 bits per heavy atom. The van der Waals surface area contributed by atoms with Crippen LogP contribution in [0.1, 0.15) is 41.6 Å². The Kier molecular flexibility index (Phi) is 6.75. The second-order valence-corrected chi connectivity index (χ2v) is 7.12. The standard InChI is InChI=1S/C25H24N2O3/c1-3-24(21-14-12-18(2)13-15-21)26-25(28)23(20-9-5-4-6-10-20)17-19-8-7-11-22(16-19)27(29)30/h4-17,24H,3H2,1-2H3,(H,26,28)/b23-17+. The Balaban J connectivity index is 1.96. The molecule has 3 aromatic carbocycles. The van der Waals surface area contributed by atoms with E-state index in [1.807, 2.05) is 68.4 Å². The molecule has 1 unspecified atom stereocenters. The highest BCUT2D eigenvalue weighted by atomic mass is 16.6. The van der Waals surface area contributed by atoms with Crippen molar-refractivity contribution < 1.29 is 9.72 Å². The second kappa shape index (κ2) is 9.65. The molecule has 0 fully saturated rings. The fraction of sp³-hybridized carbons (Fsp3) is 0.160. The van der Waals surface area contributed by atoms with Gasteiger partial charge in [-0.1, -0.05) is 79.2 Å². The van der Waals surface area contributed by atoms with Crippen molar-refractivity contribution in [1.29, 1.82) is 0 Å². The molecule has 0 aliphatic heterocycles. The maximum absolute atomic E-state index is 13.3. The summed E-state index contributed by atoms with van der Waals surface area (Å²) in [5.41, 5.74) is 4.00. The first-order valence-corrected chi connectivity index (χ1v) is 9.87. The molecule has 152 valence electrons. The van der Waals surface area contributed by atoms with Crippen molar-refractivity contribution in [3.63, 3.8) is 0 Å². The van der Waals surface area contributed by atoms with Crippen molar-refractivity contribution in [2.75, 3.05) is 0 Å². The lowest BCUT2D eigenvalue weighted by Crippen LogP contribution is -2.29. The molecule has 0 radical (unpaired) electrons. The molecule has 0 bridgehead atoms. The molecule has 0 aliphatic rings. The minimum Gasteiger partial charge on any atom is -0.345 e. The molecule has 0 aliphatic carbocycles. The molecule has 5 heteroatoms. The average Bonchev–Trinajstić information content (AvgIpc) is 2.77. The van der Waals surface area contributed by atoms with Gasteiger partial charge in [0, 0.05) is 17.7 Å². The zero-order valence-corrected chi connectivity index (χ0v) is 17.0. The minimum absolute atomic E-state index is 0.0114. The number of carbonyl (C=O) groups excluding carboxylic acids is 1. The fourth-order valence-corrected chi connectivity index (χ4v) is 3.25. The van der Waals surface area contributed by atoms with E-state index in [9.17, 15) is 14.9 Å². The molecule has 5 nitrogen and oxygen atoms in total. The number of nitrogens with one attached hydrogen (secondary N) is 1. The number of benzene rings is 3. The number of hydrogen-bond donors (Lipinski definition) is 1. The summed E-state index contributed by atoms with van der Waals surface area (Å²) in [7, 11) is 0. The molecular formula is C25H24N2O3. The molecule has 0 saturated heterocycles. The number of non-ortho nitro benzene ring substituents is 1. The summed E-state index contributed by atoms with van der Waals surface area (Å²) < 4.78 is 0. The topological polar surface area (TPSA) is 72.2 Å². The van der Waals surface area contributed by atoms with Crippen molar-refractivity contribution in [3.8, 4) is 0 Å². The van der Waals surface area contributed by atoms with Crippen molar-refractivity contribution >= 4 is 23.2 Å². The number of amides is 1. The Morgan fingerprint density at radius 3 is 2.37 bits per heavy atom. The van der Waals surface area contributed by atoms with E-state index in [-0.39, 0.29) is 17.6 Å². The van der Waals surface area contributed by atoms with E-state index < -0.39 is 4.92 Å². The number of hydrogen-bond acceptors (Lipinski definition) is 3. The van der Waals surface area contributed by atoms with Gasteiger partial charge in [-0.2, -0.15) is 0 Å². The van der Waals surface area contributed by atoms with Crippen LogP contribution in [0.4, 0.5) is 5.69 Å². The molecule has 0 heterocycles. The summed E-state index contributed by atoms with van der Waals surface area (Å²) in [5.74, 6) is -0.222. The zero-order chi connectivity index (χ0) is 21.5. The highest BCUT2D eigenvalue weighted by Gasteiger charge is 2.18. The van der Waals surface area contributed by atoms with Crippen LogP contribution in [-0.2, 0) is 4.79 Å². The third-order valence-electron chi connectivity index (χ3n) is 4.91. The lowest BCUT2D eigenvalue weighted by atomic mass is 9.99. The molecule has 1 amide bonds. The van der Waals surface area contributed by atoms with E-state index in [4.69, 9.17) is 0 Å². The quantitative estimate of drug-likeness (QED) is 0.239. The van der Waals surface area contributed by atoms with Crippen LogP contribution in [0.2, 0.25) is 0 Å². The number of rotatable bonds is 7. The van der Waals surface area contributed by atoms with Gasteiger partial charge in [-0.25, -0.2) is 0 Å². The molecular weight excluding hydrogens is 376 g/mol. The van der Waals surface area contributed by atoms with Crippen LogP contribution in [0, 0.1) is 17.0 Å². The van der Waals surface area contributed by atoms with Gasteiger partial charge in [0.1, 0.15) is 0 Å². The van der Waals surface area contributed by atoms with Crippen molar-refractivity contribution in [3.05, 3.63) is 111 Å². The maximum atomic E-state index is 13.3. The van der Waals surface area contributed by atoms with Gasteiger partial charge in [0.15, 0.2) is 0 Å². The first-order valence-electron chi connectivity index (χ1n) is 9.87. The van der Waals surface area contributed by atoms with Gasteiger partial charge in [-0.05, 0) is 36.1 Å². The van der Waals surface area contributed by atoms with E-state index in [0.29, 0.717) is 11.1 Å². The summed E-state index contributed by atoms with van der Waals surface area (Å²) in [6.45, 7) is 4.05. The van der Waals surface area contributed by atoms with Crippen molar-refractivity contribution in [2.45, 2.75) is 26.3 Å². The molecule has 30 heavy (non-hydrogen) atoms. The van der Waals surface area contributed by atoms with E-state index in [1.165, 1.54) is 12.1 Å². The van der Waals surface area contributed by atoms with Gasteiger partial charge in [-0.15, -0.1) is 0 Å². The summed E-state index contributed by atoms with van der Waals surface area (Å²) in [6, 6.07) is 23.6. The van der Waals surface area contributed by atoms with E-state index in [2.05, 4.69) is 5.32 Å². The second-order valence-electron chi connectivity index (χ2n) is 7.12. The molecule has 1 atom stereocenters. The lowest BCUT2D eigenvalue weighted by molar-refractivity contribution is -0.384. The number of nitrogens with zero attached hydrogens (tertiary/aromatic N) is 1. The van der Waals surface area contributed by atoms with Crippen LogP contribution in [0.5, 0.6) is 0 Å². The first-order chi connectivity index (χ1) is 14.5. The van der Waals surface area contributed by atoms with Gasteiger partial charge in [0.2, 0.25) is 0 Å². The summed E-state index contributed by atoms with van der Waals surface area (Å²) in [6.07, 6.45) is 2.44. The first kappa shape index (κ1) is 21.0. The average molecular weight is 400 g/mol. The summed E-state index contributed by atoms with van der Waals surface area (Å²) >= 11 is 0. The minimum atomic E-state index is -0.440. The van der Waals surface area contributed by atoms with E-state index >= 15 is 0 Å². The van der Waals surface area contributed by atoms with Gasteiger partial charge in [-0.3, -0.25) is 14.9 Å². The molecule has 0 saturated carbocycles. The number of aryl methyl sites for hydroxylation is 1. The maximum Gasteiger partial charge on any atom is 0.270 e. The van der Waals surface area contributed by atoms with Gasteiger partial charge >= 0.3 is 0 Å². The molecule has 3 aromatic rings.